The molecule has 1 saturated carbocycles. The fraction of sp³-hybridized carbons (Fsp3) is 0.524. The molecule has 1 aliphatic rings. The number of benzene rings is 2. The standard InChI is InChI=1S/C21H28O/c1-15-13-19(14-16-7-5-6-8-20(15)16)22-18-11-9-17(10-12-18)21(2,3)4/h5-8,13-14,17-18H,9-12H2,1-4H3. The van der Waals surface area contributed by atoms with Gasteiger partial charge in [0, 0.05) is 0 Å². The summed E-state index contributed by atoms with van der Waals surface area (Å²) >= 11 is 0. The van der Waals surface area contributed by atoms with E-state index in [-0.39, 0.29) is 0 Å². The molecule has 118 valence electrons. The summed E-state index contributed by atoms with van der Waals surface area (Å²) in [4.78, 5) is 0. The van der Waals surface area contributed by atoms with Crippen molar-refractivity contribution in [3.63, 3.8) is 0 Å². The Bertz CT molecular complexity index is 642. The monoisotopic (exact) mass is 296 g/mol. The number of hydrogen-bond acceptors (Lipinski definition) is 1. The van der Waals surface area contributed by atoms with Crippen molar-refractivity contribution in [1.82, 2.24) is 0 Å². The van der Waals surface area contributed by atoms with Crippen LogP contribution in [-0.4, -0.2) is 6.10 Å². The third-order valence-corrected chi connectivity index (χ3v) is 5.24. The summed E-state index contributed by atoms with van der Waals surface area (Å²) in [6, 6.07) is 12.9. The van der Waals surface area contributed by atoms with E-state index in [1.54, 1.807) is 0 Å². The van der Waals surface area contributed by atoms with Crippen LogP contribution < -0.4 is 4.74 Å². The van der Waals surface area contributed by atoms with Crippen LogP contribution in [-0.2, 0) is 0 Å². The molecular formula is C21H28O. The smallest absolute Gasteiger partial charge is 0.120 e. The molecule has 0 radical (unpaired) electrons. The highest BCUT2D eigenvalue weighted by atomic mass is 16.5. The summed E-state index contributed by atoms with van der Waals surface area (Å²) in [5, 5.41) is 2.60. The van der Waals surface area contributed by atoms with Crippen molar-refractivity contribution < 1.29 is 4.74 Å². The third kappa shape index (κ3) is 3.29. The molecule has 3 rings (SSSR count). The van der Waals surface area contributed by atoms with E-state index in [4.69, 9.17) is 4.74 Å². The molecule has 2 aromatic carbocycles. The highest BCUT2D eigenvalue weighted by Gasteiger charge is 2.30. The van der Waals surface area contributed by atoms with Crippen LogP contribution in [0, 0.1) is 18.3 Å². The average molecular weight is 296 g/mol. The van der Waals surface area contributed by atoms with E-state index in [0.717, 1.165) is 11.7 Å². The molecule has 22 heavy (non-hydrogen) atoms. The fourth-order valence-electron chi connectivity index (χ4n) is 3.78. The summed E-state index contributed by atoms with van der Waals surface area (Å²) in [5.74, 6) is 1.88. The maximum atomic E-state index is 6.31. The lowest BCUT2D eigenvalue weighted by atomic mass is 9.72. The lowest BCUT2D eigenvalue weighted by molar-refractivity contribution is 0.0883. The van der Waals surface area contributed by atoms with E-state index in [0.29, 0.717) is 11.5 Å². The Balaban J connectivity index is 1.70. The number of ether oxygens (including phenoxy) is 1. The molecule has 0 atom stereocenters. The largest absolute Gasteiger partial charge is 0.490 e. The number of fused-ring (bicyclic) bond motifs is 1. The van der Waals surface area contributed by atoms with Gasteiger partial charge in [-0.3, -0.25) is 0 Å². The zero-order valence-corrected chi connectivity index (χ0v) is 14.4. The van der Waals surface area contributed by atoms with Crippen LogP contribution in [0.3, 0.4) is 0 Å². The normalized spacial score (nSPS) is 22.7. The Kier molecular flexibility index (Phi) is 4.16. The minimum Gasteiger partial charge on any atom is -0.490 e. The van der Waals surface area contributed by atoms with Crippen molar-refractivity contribution in [2.75, 3.05) is 0 Å². The summed E-state index contributed by atoms with van der Waals surface area (Å²) in [6.07, 6.45) is 5.35. The van der Waals surface area contributed by atoms with Crippen LogP contribution in [0.1, 0.15) is 52.0 Å². The molecule has 0 heterocycles. The minimum absolute atomic E-state index is 0.388. The van der Waals surface area contributed by atoms with Crippen LogP contribution in [0.25, 0.3) is 10.8 Å². The van der Waals surface area contributed by atoms with Crippen molar-refractivity contribution in [3.05, 3.63) is 42.0 Å². The van der Waals surface area contributed by atoms with Crippen molar-refractivity contribution in [3.8, 4) is 5.75 Å². The lowest BCUT2D eigenvalue weighted by Gasteiger charge is -2.37. The van der Waals surface area contributed by atoms with E-state index in [1.165, 1.54) is 42.0 Å². The molecule has 1 aliphatic carbocycles. The topological polar surface area (TPSA) is 9.23 Å². The summed E-state index contributed by atoms with van der Waals surface area (Å²) < 4.78 is 6.31. The van der Waals surface area contributed by atoms with Gasteiger partial charge in [0.05, 0.1) is 6.10 Å². The van der Waals surface area contributed by atoms with Crippen molar-refractivity contribution in [1.29, 1.82) is 0 Å². The Morgan fingerprint density at radius 2 is 1.64 bits per heavy atom. The summed E-state index contributed by atoms with van der Waals surface area (Å²) in [6.45, 7) is 9.27. The van der Waals surface area contributed by atoms with Gasteiger partial charge in [-0.05, 0) is 72.4 Å². The second-order valence-corrected chi connectivity index (χ2v) is 7.92. The van der Waals surface area contributed by atoms with Gasteiger partial charge in [0.15, 0.2) is 0 Å². The van der Waals surface area contributed by atoms with Gasteiger partial charge in [-0.25, -0.2) is 0 Å². The van der Waals surface area contributed by atoms with Gasteiger partial charge in [0.2, 0.25) is 0 Å². The highest BCUT2D eigenvalue weighted by Crippen LogP contribution is 2.39. The Labute approximate surface area is 134 Å². The highest BCUT2D eigenvalue weighted by molar-refractivity contribution is 5.86. The first-order valence-corrected chi connectivity index (χ1v) is 8.59. The number of rotatable bonds is 2. The zero-order valence-electron chi connectivity index (χ0n) is 14.4. The van der Waals surface area contributed by atoms with E-state index in [2.05, 4.69) is 64.1 Å². The van der Waals surface area contributed by atoms with Gasteiger partial charge in [0.1, 0.15) is 5.75 Å². The maximum absolute atomic E-state index is 6.31. The van der Waals surface area contributed by atoms with Gasteiger partial charge < -0.3 is 4.74 Å². The van der Waals surface area contributed by atoms with Crippen molar-refractivity contribution in [2.24, 2.45) is 11.3 Å². The molecule has 0 amide bonds. The molecule has 0 N–H and O–H groups in total. The van der Waals surface area contributed by atoms with Crippen LogP contribution in [0.5, 0.6) is 5.75 Å². The average Bonchev–Trinajstić information content (AvgIpc) is 2.47. The summed E-state index contributed by atoms with van der Waals surface area (Å²) in [7, 11) is 0. The van der Waals surface area contributed by atoms with E-state index < -0.39 is 0 Å². The van der Waals surface area contributed by atoms with Crippen LogP contribution in [0.2, 0.25) is 0 Å². The maximum Gasteiger partial charge on any atom is 0.120 e. The second-order valence-electron chi connectivity index (χ2n) is 7.92. The molecule has 0 aliphatic heterocycles. The molecule has 0 aromatic heterocycles. The minimum atomic E-state index is 0.388. The first kappa shape index (κ1) is 15.4. The predicted octanol–water partition coefficient (Wildman–Crippen LogP) is 6.13. The van der Waals surface area contributed by atoms with Crippen LogP contribution in [0.15, 0.2) is 36.4 Å². The van der Waals surface area contributed by atoms with Gasteiger partial charge in [-0.2, -0.15) is 0 Å². The molecule has 1 heteroatoms. The van der Waals surface area contributed by atoms with Crippen molar-refractivity contribution in [2.45, 2.75) is 59.5 Å². The lowest BCUT2D eigenvalue weighted by Crippen LogP contribution is -2.30. The molecule has 2 aromatic rings. The molecule has 1 nitrogen and oxygen atoms in total. The Hall–Kier alpha value is -1.50. The first-order chi connectivity index (χ1) is 10.4. The summed E-state index contributed by atoms with van der Waals surface area (Å²) in [5.41, 5.74) is 1.74. The van der Waals surface area contributed by atoms with Crippen LogP contribution in [0.4, 0.5) is 0 Å². The zero-order chi connectivity index (χ0) is 15.7. The van der Waals surface area contributed by atoms with E-state index >= 15 is 0 Å². The quantitative estimate of drug-likeness (QED) is 0.647. The van der Waals surface area contributed by atoms with Gasteiger partial charge in [0.25, 0.3) is 0 Å². The van der Waals surface area contributed by atoms with Gasteiger partial charge >= 0.3 is 0 Å². The van der Waals surface area contributed by atoms with Crippen molar-refractivity contribution >= 4 is 10.8 Å². The molecule has 0 bridgehead atoms. The molecule has 0 saturated heterocycles. The predicted molar refractivity (Wildman–Crippen MR) is 94.5 cm³/mol. The van der Waals surface area contributed by atoms with Gasteiger partial charge in [-0.15, -0.1) is 0 Å². The Morgan fingerprint density at radius 3 is 2.32 bits per heavy atom. The van der Waals surface area contributed by atoms with Gasteiger partial charge in [-0.1, -0.05) is 45.0 Å². The Morgan fingerprint density at radius 1 is 0.955 bits per heavy atom. The number of aryl methyl sites for hydroxylation is 1. The second kappa shape index (κ2) is 5.95. The fourth-order valence-corrected chi connectivity index (χ4v) is 3.78. The van der Waals surface area contributed by atoms with Crippen LogP contribution >= 0.6 is 0 Å². The molecule has 0 unspecified atom stereocenters. The third-order valence-electron chi connectivity index (χ3n) is 5.24. The molecular weight excluding hydrogens is 268 g/mol. The molecule has 0 spiro atoms. The van der Waals surface area contributed by atoms with E-state index in [1.807, 2.05) is 0 Å². The molecule has 1 fully saturated rings. The number of hydrogen-bond donors (Lipinski definition) is 0. The van der Waals surface area contributed by atoms with E-state index in [9.17, 15) is 0 Å². The SMILES string of the molecule is Cc1cc(OC2CCC(C(C)(C)C)CC2)cc2ccccc12. The first-order valence-electron chi connectivity index (χ1n) is 8.59.